The van der Waals surface area contributed by atoms with E-state index in [0.717, 1.165) is 6.54 Å². The third kappa shape index (κ3) is 3.18. The predicted molar refractivity (Wildman–Crippen MR) is 72.8 cm³/mol. The Morgan fingerprint density at radius 1 is 1.39 bits per heavy atom. The average Bonchev–Trinajstić information content (AvgIpc) is 2.34. The van der Waals surface area contributed by atoms with E-state index in [1.54, 1.807) is 11.1 Å². The largest absolute Gasteiger partial charge is 0.351 e. The van der Waals surface area contributed by atoms with Crippen molar-refractivity contribution in [3.8, 4) is 0 Å². The van der Waals surface area contributed by atoms with E-state index in [9.17, 15) is 4.79 Å². The van der Waals surface area contributed by atoms with Crippen LogP contribution in [0.2, 0.25) is 0 Å². The lowest BCUT2D eigenvalue weighted by Crippen LogP contribution is -2.55. The second kappa shape index (κ2) is 5.93. The van der Waals surface area contributed by atoms with Gasteiger partial charge in [0, 0.05) is 12.7 Å². The molecule has 0 aromatic rings. The van der Waals surface area contributed by atoms with Crippen molar-refractivity contribution in [2.24, 2.45) is 5.92 Å². The van der Waals surface area contributed by atoms with E-state index < -0.39 is 0 Å². The quantitative estimate of drug-likeness (QED) is 0.797. The highest BCUT2D eigenvalue weighted by Gasteiger charge is 2.31. The number of carbonyl (C=O) groups excluding carboxylic acids is 1. The minimum atomic E-state index is -0.342. The van der Waals surface area contributed by atoms with E-state index in [4.69, 9.17) is 11.6 Å². The SMILES string of the molecule is CN(C)C1NC(Cl)=CN(CC2CCCCC2)C1=O. The molecule has 1 fully saturated rings. The zero-order chi connectivity index (χ0) is 13.1. The number of amides is 1. The van der Waals surface area contributed by atoms with Crippen molar-refractivity contribution in [1.29, 1.82) is 0 Å². The molecule has 2 aliphatic rings. The lowest BCUT2D eigenvalue weighted by molar-refractivity contribution is -0.135. The van der Waals surface area contributed by atoms with Crippen LogP contribution in [0.5, 0.6) is 0 Å². The smallest absolute Gasteiger partial charge is 0.264 e. The Kier molecular flexibility index (Phi) is 4.51. The summed E-state index contributed by atoms with van der Waals surface area (Å²) in [4.78, 5) is 15.9. The van der Waals surface area contributed by atoms with Crippen LogP contribution in [0.15, 0.2) is 11.4 Å². The number of nitrogens with zero attached hydrogens (tertiary/aromatic N) is 2. The third-order valence-electron chi connectivity index (χ3n) is 3.76. The molecule has 0 aromatic heterocycles. The highest BCUT2D eigenvalue weighted by molar-refractivity contribution is 6.29. The summed E-state index contributed by atoms with van der Waals surface area (Å²) in [6, 6.07) is 0. The lowest BCUT2D eigenvalue weighted by Gasteiger charge is -2.36. The molecule has 1 amide bonds. The number of hydrogen-bond acceptors (Lipinski definition) is 3. The van der Waals surface area contributed by atoms with E-state index in [-0.39, 0.29) is 12.1 Å². The fraction of sp³-hybridized carbons (Fsp3) is 0.769. The van der Waals surface area contributed by atoms with Crippen molar-refractivity contribution in [3.05, 3.63) is 11.4 Å². The Hall–Kier alpha value is -0.740. The number of carbonyl (C=O) groups is 1. The van der Waals surface area contributed by atoms with E-state index >= 15 is 0 Å². The van der Waals surface area contributed by atoms with Gasteiger partial charge in [-0.2, -0.15) is 0 Å². The summed E-state index contributed by atoms with van der Waals surface area (Å²) >= 11 is 6.06. The maximum absolute atomic E-state index is 12.3. The summed E-state index contributed by atoms with van der Waals surface area (Å²) < 4.78 is 0. The van der Waals surface area contributed by atoms with Gasteiger partial charge in [0.05, 0.1) is 0 Å². The fourth-order valence-electron chi connectivity index (χ4n) is 2.73. The van der Waals surface area contributed by atoms with Gasteiger partial charge in [0.1, 0.15) is 5.16 Å². The average molecular weight is 272 g/mol. The van der Waals surface area contributed by atoms with Crippen LogP contribution in [0.25, 0.3) is 0 Å². The Balaban J connectivity index is 2.01. The second-order valence-corrected chi connectivity index (χ2v) is 5.89. The van der Waals surface area contributed by atoms with Crippen molar-refractivity contribution in [1.82, 2.24) is 15.1 Å². The van der Waals surface area contributed by atoms with Gasteiger partial charge in [0.25, 0.3) is 5.91 Å². The highest BCUT2D eigenvalue weighted by atomic mass is 35.5. The molecule has 1 aliphatic heterocycles. The molecule has 0 aromatic carbocycles. The van der Waals surface area contributed by atoms with Crippen molar-refractivity contribution in [2.45, 2.75) is 38.3 Å². The molecular weight excluding hydrogens is 250 g/mol. The van der Waals surface area contributed by atoms with Crippen molar-refractivity contribution >= 4 is 17.5 Å². The molecule has 0 spiro atoms. The molecule has 1 N–H and O–H groups in total. The fourth-order valence-corrected chi connectivity index (χ4v) is 2.95. The molecule has 1 heterocycles. The third-order valence-corrected chi connectivity index (χ3v) is 3.96. The van der Waals surface area contributed by atoms with Crippen LogP contribution in [0, 0.1) is 5.92 Å². The molecule has 2 rings (SSSR count). The number of likely N-dealkylation sites (N-methyl/N-ethyl adjacent to an activating group) is 1. The van der Waals surface area contributed by atoms with E-state index in [1.165, 1.54) is 32.1 Å². The van der Waals surface area contributed by atoms with Crippen LogP contribution in [-0.4, -0.2) is 42.5 Å². The molecule has 18 heavy (non-hydrogen) atoms. The molecule has 1 saturated carbocycles. The molecule has 5 heteroatoms. The van der Waals surface area contributed by atoms with Crippen LogP contribution >= 0.6 is 11.6 Å². The summed E-state index contributed by atoms with van der Waals surface area (Å²) in [6.45, 7) is 0.807. The van der Waals surface area contributed by atoms with E-state index in [2.05, 4.69) is 5.32 Å². The maximum Gasteiger partial charge on any atom is 0.264 e. The number of nitrogens with one attached hydrogen (secondary N) is 1. The zero-order valence-electron chi connectivity index (χ0n) is 11.2. The summed E-state index contributed by atoms with van der Waals surface area (Å²) in [5.41, 5.74) is 0. The van der Waals surface area contributed by atoms with Crippen LogP contribution in [0.3, 0.4) is 0 Å². The van der Waals surface area contributed by atoms with Gasteiger partial charge in [0.2, 0.25) is 0 Å². The monoisotopic (exact) mass is 271 g/mol. The summed E-state index contributed by atoms with van der Waals surface area (Å²) in [5, 5.41) is 3.54. The number of halogens is 1. The standard InChI is InChI=1S/C13H22ClN3O/c1-16(2)12-13(18)17(9-11(14)15-12)8-10-6-4-3-5-7-10/h9-10,12,15H,3-8H2,1-2H3. The zero-order valence-corrected chi connectivity index (χ0v) is 11.9. The number of hydrogen-bond donors (Lipinski definition) is 1. The van der Waals surface area contributed by atoms with Crippen molar-refractivity contribution in [3.63, 3.8) is 0 Å². The first-order valence-corrected chi connectivity index (χ1v) is 7.06. The van der Waals surface area contributed by atoms with Gasteiger partial charge in [-0.15, -0.1) is 0 Å². The molecule has 1 unspecified atom stereocenters. The lowest BCUT2D eigenvalue weighted by atomic mass is 9.89. The summed E-state index contributed by atoms with van der Waals surface area (Å²) in [5.74, 6) is 0.722. The van der Waals surface area contributed by atoms with Crippen molar-refractivity contribution in [2.75, 3.05) is 20.6 Å². The van der Waals surface area contributed by atoms with Gasteiger partial charge < -0.3 is 10.2 Å². The van der Waals surface area contributed by atoms with Crippen LogP contribution in [0.1, 0.15) is 32.1 Å². The van der Waals surface area contributed by atoms with E-state index in [0.29, 0.717) is 11.1 Å². The molecule has 1 atom stereocenters. The first-order chi connectivity index (χ1) is 8.58. The van der Waals surface area contributed by atoms with Gasteiger partial charge in [-0.05, 0) is 32.9 Å². The Labute approximate surface area is 114 Å². The molecular formula is C13H22ClN3O. The minimum absolute atomic E-state index is 0.0926. The molecule has 1 aliphatic carbocycles. The molecule has 0 radical (unpaired) electrons. The first-order valence-electron chi connectivity index (χ1n) is 6.68. The van der Waals surface area contributed by atoms with Gasteiger partial charge >= 0.3 is 0 Å². The molecule has 0 bridgehead atoms. The van der Waals surface area contributed by atoms with Crippen LogP contribution < -0.4 is 5.32 Å². The summed E-state index contributed by atoms with van der Waals surface area (Å²) in [6.07, 6.45) is 7.77. The first kappa shape index (κ1) is 13.7. The molecule has 4 nitrogen and oxygen atoms in total. The van der Waals surface area contributed by atoms with E-state index in [1.807, 2.05) is 19.0 Å². The highest BCUT2D eigenvalue weighted by Crippen LogP contribution is 2.25. The predicted octanol–water partition coefficient (Wildman–Crippen LogP) is 1.92. The second-order valence-electron chi connectivity index (χ2n) is 5.48. The maximum atomic E-state index is 12.3. The van der Waals surface area contributed by atoms with Gasteiger partial charge in [-0.1, -0.05) is 30.9 Å². The Morgan fingerprint density at radius 3 is 2.67 bits per heavy atom. The van der Waals surface area contributed by atoms with Gasteiger partial charge in [-0.25, -0.2) is 0 Å². The van der Waals surface area contributed by atoms with Gasteiger partial charge in [0.15, 0.2) is 6.17 Å². The summed E-state index contributed by atoms with van der Waals surface area (Å²) in [7, 11) is 3.76. The van der Waals surface area contributed by atoms with Crippen molar-refractivity contribution < 1.29 is 4.79 Å². The van der Waals surface area contributed by atoms with Gasteiger partial charge in [-0.3, -0.25) is 9.69 Å². The minimum Gasteiger partial charge on any atom is -0.351 e. The number of rotatable bonds is 3. The Bertz CT molecular complexity index is 337. The molecule has 0 saturated heterocycles. The molecule has 102 valence electrons. The van der Waals surface area contributed by atoms with Crippen LogP contribution in [0.4, 0.5) is 0 Å². The Morgan fingerprint density at radius 2 is 2.06 bits per heavy atom. The normalized spacial score (nSPS) is 26.2. The topological polar surface area (TPSA) is 35.6 Å². The van der Waals surface area contributed by atoms with Crippen LogP contribution in [-0.2, 0) is 4.79 Å².